The number of nitrogens with one attached hydrogen (secondary N) is 1. The van der Waals surface area contributed by atoms with E-state index in [9.17, 15) is 0 Å². The number of halogens is 3. The molecule has 1 unspecified atom stereocenters. The molecule has 142 valence electrons. The smallest absolute Gasteiger partial charge is 0.189 e. The van der Waals surface area contributed by atoms with Gasteiger partial charge in [-0.05, 0) is 51.2 Å². The van der Waals surface area contributed by atoms with E-state index in [0.717, 1.165) is 31.7 Å². The van der Waals surface area contributed by atoms with Crippen LogP contribution >= 0.6 is 47.2 Å². The van der Waals surface area contributed by atoms with Gasteiger partial charge in [-0.15, -0.1) is 24.0 Å². The van der Waals surface area contributed by atoms with E-state index in [1.54, 1.807) is 6.07 Å². The Bertz CT molecular complexity index is 570. The highest BCUT2D eigenvalue weighted by Gasteiger charge is 2.12. The first-order valence-corrected chi connectivity index (χ1v) is 9.13. The molecule has 0 spiro atoms. The fraction of sp³-hybridized carbons (Fsp3) is 0.588. The van der Waals surface area contributed by atoms with Crippen LogP contribution in [0.2, 0.25) is 10.0 Å². The molecule has 0 amide bonds. The molecule has 0 bridgehead atoms. The second-order valence-electron chi connectivity index (χ2n) is 6.30. The van der Waals surface area contributed by atoms with Crippen molar-refractivity contribution in [3.05, 3.63) is 33.8 Å². The van der Waals surface area contributed by atoms with Crippen LogP contribution in [0.3, 0.4) is 0 Å². The molecule has 8 heteroatoms. The molecule has 2 rings (SSSR count). The van der Waals surface area contributed by atoms with Gasteiger partial charge in [-0.1, -0.05) is 29.3 Å². The van der Waals surface area contributed by atoms with E-state index >= 15 is 0 Å². The Morgan fingerprint density at radius 3 is 2.76 bits per heavy atom. The lowest BCUT2D eigenvalue weighted by atomic mass is 10.1. The van der Waals surface area contributed by atoms with Crippen LogP contribution in [0.4, 0.5) is 0 Å². The van der Waals surface area contributed by atoms with Gasteiger partial charge >= 0.3 is 0 Å². The lowest BCUT2D eigenvalue weighted by Crippen LogP contribution is -2.35. The van der Waals surface area contributed by atoms with E-state index in [1.165, 1.54) is 13.0 Å². The summed E-state index contributed by atoms with van der Waals surface area (Å²) in [5.74, 6) is 0.445. The van der Waals surface area contributed by atoms with Gasteiger partial charge in [0.05, 0.1) is 12.6 Å². The third-order valence-electron chi connectivity index (χ3n) is 4.30. The summed E-state index contributed by atoms with van der Waals surface area (Å²) in [6.07, 6.45) is 1.21. The number of hydrogen-bond donors (Lipinski definition) is 2. The zero-order valence-electron chi connectivity index (χ0n) is 14.8. The van der Waals surface area contributed by atoms with E-state index in [1.807, 2.05) is 19.1 Å². The Morgan fingerprint density at radius 1 is 1.28 bits per heavy atom. The summed E-state index contributed by atoms with van der Waals surface area (Å²) in [4.78, 5) is 9.26. The van der Waals surface area contributed by atoms with Crippen LogP contribution in [0, 0.1) is 0 Å². The Balaban J connectivity index is 0.00000312. The second-order valence-corrected chi connectivity index (χ2v) is 7.14. The van der Waals surface area contributed by atoms with Crippen LogP contribution in [-0.4, -0.2) is 62.1 Å². The van der Waals surface area contributed by atoms with E-state index in [0.29, 0.717) is 22.5 Å². The Morgan fingerprint density at radius 2 is 2.04 bits per heavy atom. The maximum atomic E-state index is 6.23. The molecule has 1 fully saturated rings. The third kappa shape index (κ3) is 7.86. The number of guanidine groups is 1. The number of nitrogens with zero attached hydrogens (tertiary/aromatic N) is 3. The number of likely N-dealkylation sites (N-methyl/N-ethyl adjacent to an activating group) is 1. The molecule has 1 heterocycles. The van der Waals surface area contributed by atoms with Gasteiger partial charge in [-0.2, -0.15) is 0 Å². The molecule has 0 aromatic heterocycles. The second kappa shape index (κ2) is 11.4. The van der Waals surface area contributed by atoms with Crippen molar-refractivity contribution in [2.45, 2.75) is 19.4 Å². The first-order valence-electron chi connectivity index (χ1n) is 8.38. The van der Waals surface area contributed by atoms with E-state index < -0.39 is 0 Å². The minimum atomic E-state index is -0.0228. The number of benzene rings is 1. The normalized spacial score (nSPS) is 18.3. The highest BCUT2D eigenvalue weighted by molar-refractivity contribution is 14.0. The van der Waals surface area contributed by atoms with Gasteiger partial charge in [0.15, 0.2) is 5.96 Å². The summed E-state index contributed by atoms with van der Waals surface area (Å²) in [6, 6.07) is 5.44. The molecule has 3 N–H and O–H groups in total. The van der Waals surface area contributed by atoms with Gasteiger partial charge in [0.2, 0.25) is 0 Å². The minimum Gasteiger partial charge on any atom is -0.370 e. The van der Waals surface area contributed by atoms with Gasteiger partial charge in [0.1, 0.15) is 0 Å². The standard InChI is InChI=1S/C17H27Cl2N5.HI/c1-13(15-5-4-14(18)12-16(15)19)22-17(20)21-6-9-24-8-3-7-23(2)10-11-24;/h4-5,12-13H,3,6-11H2,1-2H3,(H3,20,21,22);1H. The molecule has 1 saturated heterocycles. The Labute approximate surface area is 177 Å². The summed E-state index contributed by atoms with van der Waals surface area (Å²) < 4.78 is 0. The van der Waals surface area contributed by atoms with Crippen LogP contribution < -0.4 is 11.1 Å². The van der Waals surface area contributed by atoms with Crippen LogP contribution in [0.15, 0.2) is 23.2 Å². The van der Waals surface area contributed by atoms with E-state index in [4.69, 9.17) is 28.9 Å². The van der Waals surface area contributed by atoms with Crippen LogP contribution in [0.5, 0.6) is 0 Å². The highest BCUT2D eigenvalue weighted by Crippen LogP contribution is 2.25. The Kier molecular flexibility index (Phi) is 10.4. The lowest BCUT2D eigenvalue weighted by Gasteiger charge is -2.19. The molecule has 0 saturated carbocycles. The summed E-state index contributed by atoms with van der Waals surface area (Å²) in [5.41, 5.74) is 6.96. The van der Waals surface area contributed by atoms with Crippen molar-refractivity contribution in [3.63, 3.8) is 0 Å². The summed E-state index contributed by atoms with van der Waals surface area (Å²) in [6.45, 7) is 8.14. The minimum absolute atomic E-state index is 0. The largest absolute Gasteiger partial charge is 0.370 e. The molecular formula is C17H28Cl2IN5. The van der Waals surface area contributed by atoms with Crippen LogP contribution in [0.1, 0.15) is 24.9 Å². The van der Waals surface area contributed by atoms with Crippen molar-refractivity contribution < 1.29 is 0 Å². The van der Waals surface area contributed by atoms with Crippen molar-refractivity contribution >= 4 is 53.1 Å². The molecule has 0 radical (unpaired) electrons. The average molecular weight is 500 g/mol. The maximum Gasteiger partial charge on any atom is 0.189 e. The van der Waals surface area contributed by atoms with Gasteiger partial charge < -0.3 is 20.9 Å². The zero-order chi connectivity index (χ0) is 17.5. The molecular weight excluding hydrogens is 472 g/mol. The van der Waals surface area contributed by atoms with Crippen molar-refractivity contribution in [2.75, 3.05) is 46.3 Å². The van der Waals surface area contributed by atoms with Crippen molar-refractivity contribution in [3.8, 4) is 0 Å². The van der Waals surface area contributed by atoms with Crippen molar-refractivity contribution in [1.82, 2.24) is 15.1 Å². The predicted octanol–water partition coefficient (Wildman–Crippen LogP) is 3.21. The van der Waals surface area contributed by atoms with Gasteiger partial charge in [0.25, 0.3) is 0 Å². The first-order chi connectivity index (χ1) is 11.5. The van der Waals surface area contributed by atoms with E-state index in [2.05, 4.69) is 27.2 Å². The maximum absolute atomic E-state index is 6.23. The Hall–Kier alpha value is -0.280. The fourth-order valence-electron chi connectivity index (χ4n) is 2.83. The molecule has 1 aliphatic heterocycles. The zero-order valence-corrected chi connectivity index (χ0v) is 18.7. The molecule has 25 heavy (non-hydrogen) atoms. The lowest BCUT2D eigenvalue weighted by molar-refractivity contribution is 0.283. The van der Waals surface area contributed by atoms with Crippen LogP contribution in [0.25, 0.3) is 0 Å². The van der Waals surface area contributed by atoms with Crippen molar-refractivity contribution in [2.24, 2.45) is 10.7 Å². The van der Waals surface area contributed by atoms with E-state index in [-0.39, 0.29) is 30.0 Å². The predicted molar refractivity (Wildman–Crippen MR) is 118 cm³/mol. The molecule has 0 aliphatic carbocycles. The topological polar surface area (TPSA) is 56.9 Å². The van der Waals surface area contributed by atoms with Gasteiger partial charge in [-0.25, -0.2) is 0 Å². The third-order valence-corrected chi connectivity index (χ3v) is 4.87. The number of aliphatic imine (C=N–C) groups is 1. The van der Waals surface area contributed by atoms with Crippen LogP contribution in [-0.2, 0) is 0 Å². The SMILES string of the molecule is CC(NC(N)=NCCN1CCCN(C)CC1)c1ccc(Cl)cc1Cl.I. The molecule has 5 nitrogen and oxygen atoms in total. The monoisotopic (exact) mass is 499 g/mol. The average Bonchev–Trinajstić information content (AvgIpc) is 2.71. The quantitative estimate of drug-likeness (QED) is 0.371. The number of rotatable bonds is 5. The van der Waals surface area contributed by atoms with Crippen molar-refractivity contribution in [1.29, 1.82) is 0 Å². The summed E-state index contributed by atoms with van der Waals surface area (Å²) in [7, 11) is 2.17. The fourth-order valence-corrected chi connectivity index (χ4v) is 3.41. The molecule has 1 aliphatic rings. The number of nitrogens with two attached hydrogens (primary N) is 1. The highest BCUT2D eigenvalue weighted by atomic mass is 127. The molecule has 1 aromatic carbocycles. The summed E-state index contributed by atoms with van der Waals surface area (Å²) >= 11 is 12.2. The summed E-state index contributed by atoms with van der Waals surface area (Å²) in [5, 5.41) is 4.44. The molecule has 1 atom stereocenters. The first kappa shape index (κ1) is 22.8. The van der Waals surface area contributed by atoms with Gasteiger partial charge in [0, 0.05) is 29.7 Å². The molecule has 1 aromatic rings. The van der Waals surface area contributed by atoms with Gasteiger partial charge in [-0.3, -0.25) is 4.99 Å². The number of hydrogen-bond acceptors (Lipinski definition) is 3.